The lowest BCUT2D eigenvalue weighted by Crippen LogP contribution is -2.38. The Bertz CT molecular complexity index is 550. The highest BCUT2D eigenvalue weighted by atomic mass is 32.1. The topological polar surface area (TPSA) is 76.5 Å². The maximum atomic E-state index is 11.1. The Morgan fingerprint density at radius 2 is 2.22 bits per heavy atom. The predicted octanol–water partition coefficient (Wildman–Crippen LogP) is 0.801. The van der Waals surface area contributed by atoms with E-state index >= 15 is 0 Å². The van der Waals surface area contributed by atoms with Gasteiger partial charge >= 0.3 is 0 Å². The molecule has 3 rings (SSSR count). The third kappa shape index (κ3) is 1.94. The van der Waals surface area contributed by atoms with Crippen LogP contribution >= 0.6 is 11.3 Å². The van der Waals surface area contributed by atoms with Gasteiger partial charge in [-0.15, -0.1) is 5.10 Å². The summed E-state index contributed by atoms with van der Waals surface area (Å²) in [5.74, 6) is -0.160. The molecule has 96 valence electrons. The lowest BCUT2D eigenvalue weighted by atomic mass is 9.97. The highest BCUT2D eigenvalue weighted by Crippen LogP contribution is 2.27. The Balaban J connectivity index is 1.75. The van der Waals surface area contributed by atoms with E-state index in [0.29, 0.717) is 0 Å². The molecular formula is C11H15N5OS. The molecule has 2 N–H and O–H groups in total. The van der Waals surface area contributed by atoms with Crippen LogP contribution in [0.5, 0.6) is 0 Å². The molecule has 0 aliphatic carbocycles. The summed E-state index contributed by atoms with van der Waals surface area (Å²) < 4.78 is 1.81. The van der Waals surface area contributed by atoms with E-state index in [1.165, 1.54) is 0 Å². The Morgan fingerprint density at radius 1 is 1.50 bits per heavy atom. The standard InChI is InChI=1S/C11H15N5OS/c1-7-6-16-10(13-7)18-11(14-16)15-4-2-8(3-5-15)9(12)17/h6,8H,2-5H2,1H3,(H2,12,17). The van der Waals surface area contributed by atoms with Gasteiger partial charge in [-0.1, -0.05) is 11.3 Å². The first kappa shape index (κ1) is 11.5. The van der Waals surface area contributed by atoms with Crippen molar-refractivity contribution in [3.05, 3.63) is 11.9 Å². The van der Waals surface area contributed by atoms with Gasteiger partial charge < -0.3 is 10.6 Å². The number of aromatic nitrogens is 3. The fourth-order valence-corrected chi connectivity index (χ4v) is 3.26. The van der Waals surface area contributed by atoms with Crippen molar-refractivity contribution in [2.24, 2.45) is 11.7 Å². The monoisotopic (exact) mass is 265 g/mol. The number of primary amides is 1. The van der Waals surface area contributed by atoms with Gasteiger partial charge in [0.05, 0.1) is 11.9 Å². The fourth-order valence-electron chi connectivity index (χ4n) is 2.28. The molecule has 0 unspecified atom stereocenters. The van der Waals surface area contributed by atoms with Gasteiger partial charge in [-0.2, -0.15) is 0 Å². The lowest BCUT2D eigenvalue weighted by Gasteiger charge is -2.29. The van der Waals surface area contributed by atoms with Crippen molar-refractivity contribution in [1.29, 1.82) is 0 Å². The summed E-state index contributed by atoms with van der Waals surface area (Å²) in [6, 6.07) is 0. The summed E-state index contributed by atoms with van der Waals surface area (Å²) in [7, 11) is 0. The maximum Gasteiger partial charge on any atom is 0.220 e. The molecule has 1 amide bonds. The highest BCUT2D eigenvalue weighted by Gasteiger charge is 2.25. The first-order valence-corrected chi connectivity index (χ1v) is 6.82. The molecule has 2 aromatic rings. The number of carbonyl (C=O) groups excluding carboxylic acids is 1. The van der Waals surface area contributed by atoms with Crippen molar-refractivity contribution in [1.82, 2.24) is 14.6 Å². The van der Waals surface area contributed by atoms with Gasteiger partial charge in [-0.3, -0.25) is 4.79 Å². The zero-order chi connectivity index (χ0) is 12.7. The number of imidazole rings is 1. The van der Waals surface area contributed by atoms with E-state index in [-0.39, 0.29) is 11.8 Å². The van der Waals surface area contributed by atoms with Crippen LogP contribution in [0.15, 0.2) is 6.20 Å². The molecule has 1 aliphatic rings. The number of aryl methyl sites for hydroxylation is 1. The van der Waals surface area contributed by atoms with Gasteiger partial charge in [-0.25, -0.2) is 9.50 Å². The summed E-state index contributed by atoms with van der Waals surface area (Å²) in [6.07, 6.45) is 3.55. The first-order chi connectivity index (χ1) is 8.63. The second kappa shape index (κ2) is 4.24. The van der Waals surface area contributed by atoms with Gasteiger partial charge in [0.2, 0.25) is 16.0 Å². The number of amides is 1. The van der Waals surface area contributed by atoms with Gasteiger partial charge in [0.1, 0.15) is 0 Å². The number of nitrogens with two attached hydrogens (primary N) is 1. The van der Waals surface area contributed by atoms with Gasteiger partial charge in [-0.05, 0) is 19.8 Å². The van der Waals surface area contributed by atoms with Crippen LogP contribution in [-0.4, -0.2) is 33.6 Å². The SMILES string of the molecule is Cc1cn2nc(N3CCC(C(N)=O)CC3)sc2n1. The molecule has 18 heavy (non-hydrogen) atoms. The zero-order valence-corrected chi connectivity index (χ0v) is 11.0. The Labute approximate surface area is 108 Å². The third-order valence-corrected chi connectivity index (χ3v) is 4.30. The number of carbonyl (C=O) groups is 1. The van der Waals surface area contributed by atoms with Crippen LogP contribution in [0.2, 0.25) is 0 Å². The number of piperidine rings is 1. The lowest BCUT2D eigenvalue weighted by molar-refractivity contribution is -0.122. The summed E-state index contributed by atoms with van der Waals surface area (Å²) in [5.41, 5.74) is 6.31. The van der Waals surface area contributed by atoms with E-state index < -0.39 is 0 Å². The number of hydrogen-bond acceptors (Lipinski definition) is 5. The normalized spacial score (nSPS) is 17.5. The average Bonchev–Trinajstić information content (AvgIpc) is 2.86. The molecule has 2 aromatic heterocycles. The molecular weight excluding hydrogens is 250 g/mol. The second-order valence-electron chi connectivity index (χ2n) is 4.66. The molecule has 0 aromatic carbocycles. The van der Waals surface area contributed by atoms with E-state index in [1.54, 1.807) is 11.3 Å². The Morgan fingerprint density at radius 3 is 2.83 bits per heavy atom. The smallest absolute Gasteiger partial charge is 0.220 e. The van der Waals surface area contributed by atoms with Crippen LogP contribution in [0.1, 0.15) is 18.5 Å². The van der Waals surface area contributed by atoms with E-state index in [0.717, 1.165) is 41.7 Å². The quantitative estimate of drug-likeness (QED) is 0.871. The molecule has 3 heterocycles. The molecule has 0 radical (unpaired) electrons. The number of hydrogen-bond donors (Lipinski definition) is 1. The highest BCUT2D eigenvalue weighted by molar-refractivity contribution is 7.20. The molecule has 0 atom stereocenters. The van der Waals surface area contributed by atoms with Crippen molar-refractivity contribution in [2.75, 3.05) is 18.0 Å². The van der Waals surface area contributed by atoms with Crippen molar-refractivity contribution >= 4 is 27.3 Å². The van der Waals surface area contributed by atoms with Crippen molar-refractivity contribution < 1.29 is 4.79 Å². The molecule has 1 aliphatic heterocycles. The van der Waals surface area contributed by atoms with Crippen LogP contribution < -0.4 is 10.6 Å². The summed E-state index contributed by atoms with van der Waals surface area (Å²) in [5, 5.41) is 5.48. The molecule has 0 saturated carbocycles. The Hall–Kier alpha value is -1.63. The van der Waals surface area contributed by atoms with Gasteiger partial charge in [0.25, 0.3) is 0 Å². The second-order valence-corrected chi connectivity index (χ2v) is 5.59. The van der Waals surface area contributed by atoms with E-state index in [1.807, 2.05) is 17.6 Å². The minimum atomic E-state index is -0.181. The van der Waals surface area contributed by atoms with E-state index in [9.17, 15) is 4.79 Å². The molecule has 1 saturated heterocycles. The van der Waals surface area contributed by atoms with Crippen LogP contribution in [0.4, 0.5) is 5.13 Å². The molecule has 0 spiro atoms. The van der Waals surface area contributed by atoms with E-state index in [4.69, 9.17) is 5.73 Å². The molecule has 0 bridgehead atoms. The predicted molar refractivity (Wildman–Crippen MR) is 69.7 cm³/mol. The number of fused-ring (bicyclic) bond motifs is 1. The number of nitrogens with zero attached hydrogens (tertiary/aromatic N) is 4. The largest absolute Gasteiger partial charge is 0.369 e. The minimum absolute atomic E-state index is 0.0209. The minimum Gasteiger partial charge on any atom is -0.369 e. The molecule has 7 heteroatoms. The third-order valence-electron chi connectivity index (χ3n) is 3.32. The first-order valence-electron chi connectivity index (χ1n) is 6.00. The van der Waals surface area contributed by atoms with Gasteiger partial charge in [0, 0.05) is 19.0 Å². The Kier molecular flexibility index (Phi) is 2.70. The van der Waals surface area contributed by atoms with Crippen LogP contribution in [0.25, 0.3) is 4.96 Å². The van der Waals surface area contributed by atoms with Crippen molar-refractivity contribution in [3.8, 4) is 0 Å². The summed E-state index contributed by atoms with van der Waals surface area (Å²) in [6.45, 7) is 3.63. The van der Waals surface area contributed by atoms with Crippen molar-refractivity contribution in [3.63, 3.8) is 0 Å². The number of anilines is 1. The van der Waals surface area contributed by atoms with Crippen LogP contribution in [-0.2, 0) is 4.79 Å². The molecule has 6 nitrogen and oxygen atoms in total. The van der Waals surface area contributed by atoms with Crippen molar-refractivity contribution in [2.45, 2.75) is 19.8 Å². The average molecular weight is 265 g/mol. The maximum absolute atomic E-state index is 11.1. The number of rotatable bonds is 2. The zero-order valence-electron chi connectivity index (χ0n) is 10.2. The summed E-state index contributed by atoms with van der Waals surface area (Å²) in [4.78, 5) is 18.6. The fraction of sp³-hybridized carbons (Fsp3) is 0.545. The van der Waals surface area contributed by atoms with Gasteiger partial charge in [0.15, 0.2) is 0 Å². The van der Waals surface area contributed by atoms with Crippen LogP contribution in [0.3, 0.4) is 0 Å². The molecule has 1 fully saturated rings. The van der Waals surface area contributed by atoms with Crippen LogP contribution in [0, 0.1) is 12.8 Å². The summed E-state index contributed by atoms with van der Waals surface area (Å²) >= 11 is 1.58. The van der Waals surface area contributed by atoms with E-state index in [2.05, 4.69) is 15.0 Å².